The number of H-pyrrole nitrogens is 1. The number of anilines is 1. The number of carboxylic acids is 1. The van der Waals surface area contributed by atoms with Gasteiger partial charge in [0.2, 0.25) is 5.82 Å². The molecule has 7 heteroatoms. The minimum Gasteiger partial charge on any atom is -0.478 e. The van der Waals surface area contributed by atoms with Crippen molar-refractivity contribution in [3.05, 3.63) is 41.0 Å². The number of nitrogens with zero attached hydrogens (tertiary/aromatic N) is 2. The van der Waals surface area contributed by atoms with Gasteiger partial charge in [-0.3, -0.25) is 9.89 Å². The fourth-order valence-corrected chi connectivity index (χ4v) is 1.67. The van der Waals surface area contributed by atoms with Crippen LogP contribution in [-0.2, 0) is 6.42 Å². The Morgan fingerprint density at radius 2 is 2.15 bits per heavy atom. The van der Waals surface area contributed by atoms with Crippen molar-refractivity contribution in [3.8, 4) is 0 Å². The number of nitrogens with one attached hydrogen (secondary N) is 2. The highest BCUT2D eigenvalue weighted by Gasteiger charge is 2.14. The predicted octanol–water partition coefficient (Wildman–Crippen LogP) is 1.63. The van der Waals surface area contributed by atoms with Gasteiger partial charge >= 0.3 is 5.97 Å². The van der Waals surface area contributed by atoms with Crippen molar-refractivity contribution in [3.63, 3.8) is 0 Å². The van der Waals surface area contributed by atoms with Crippen LogP contribution < -0.4 is 5.32 Å². The van der Waals surface area contributed by atoms with Crippen LogP contribution in [0.4, 0.5) is 5.69 Å². The average Bonchev–Trinajstić information content (AvgIpc) is 2.89. The maximum Gasteiger partial charge on any atom is 0.335 e. The van der Waals surface area contributed by atoms with E-state index in [0.717, 1.165) is 0 Å². The summed E-state index contributed by atoms with van der Waals surface area (Å²) in [6, 6.07) is 4.47. The summed E-state index contributed by atoms with van der Waals surface area (Å²) in [6.45, 7) is 3.62. The summed E-state index contributed by atoms with van der Waals surface area (Å²) >= 11 is 0. The smallest absolute Gasteiger partial charge is 0.335 e. The molecule has 2 rings (SSSR count). The van der Waals surface area contributed by atoms with Gasteiger partial charge in [0.1, 0.15) is 5.82 Å². The van der Waals surface area contributed by atoms with E-state index in [-0.39, 0.29) is 11.4 Å². The second-order valence-corrected chi connectivity index (χ2v) is 4.25. The normalized spacial score (nSPS) is 10.3. The lowest BCUT2D eigenvalue weighted by Gasteiger charge is -2.07. The maximum atomic E-state index is 11.9. The molecule has 1 aromatic carbocycles. The molecule has 0 spiro atoms. The summed E-state index contributed by atoms with van der Waals surface area (Å²) in [4.78, 5) is 26.8. The molecule has 104 valence electrons. The van der Waals surface area contributed by atoms with Crippen LogP contribution in [0.5, 0.6) is 0 Å². The molecular weight excluding hydrogens is 260 g/mol. The summed E-state index contributed by atoms with van der Waals surface area (Å²) in [7, 11) is 0. The number of carbonyl (C=O) groups excluding carboxylic acids is 1. The number of carbonyl (C=O) groups is 2. The quantitative estimate of drug-likeness (QED) is 0.785. The number of carboxylic acid groups (broad SMARTS) is 1. The molecule has 3 N–H and O–H groups in total. The molecule has 0 unspecified atom stereocenters. The average molecular weight is 274 g/mol. The number of amides is 1. The third-order valence-electron chi connectivity index (χ3n) is 2.79. The molecule has 0 saturated heterocycles. The van der Waals surface area contributed by atoms with Crippen molar-refractivity contribution in [2.45, 2.75) is 20.3 Å². The van der Waals surface area contributed by atoms with Crippen LogP contribution in [0.3, 0.4) is 0 Å². The molecule has 1 amide bonds. The number of benzene rings is 1. The summed E-state index contributed by atoms with van der Waals surface area (Å²) < 4.78 is 0. The van der Waals surface area contributed by atoms with E-state index >= 15 is 0 Å². The molecule has 0 bridgehead atoms. The van der Waals surface area contributed by atoms with Crippen LogP contribution in [0.15, 0.2) is 18.2 Å². The molecule has 0 radical (unpaired) electrons. The molecule has 1 heterocycles. The molecule has 0 aliphatic carbocycles. The first kappa shape index (κ1) is 13.7. The van der Waals surface area contributed by atoms with Crippen molar-refractivity contribution < 1.29 is 14.7 Å². The highest BCUT2D eigenvalue weighted by atomic mass is 16.4. The Balaban J connectivity index is 2.17. The summed E-state index contributed by atoms with van der Waals surface area (Å²) in [5, 5.41) is 18.0. The van der Waals surface area contributed by atoms with Gasteiger partial charge in [-0.15, -0.1) is 5.10 Å². The van der Waals surface area contributed by atoms with E-state index in [9.17, 15) is 9.59 Å². The SMILES string of the molecule is CCc1nc(C(=O)Nc2ccc(C(=O)O)cc2C)n[nH]1. The monoisotopic (exact) mass is 274 g/mol. The molecule has 2 aromatic rings. The van der Waals surface area contributed by atoms with Gasteiger partial charge in [-0.2, -0.15) is 0 Å². The number of aromatic nitrogens is 3. The van der Waals surface area contributed by atoms with Gasteiger partial charge in [0.05, 0.1) is 5.56 Å². The van der Waals surface area contributed by atoms with E-state index in [1.54, 1.807) is 13.0 Å². The predicted molar refractivity (Wildman–Crippen MR) is 71.9 cm³/mol. The van der Waals surface area contributed by atoms with Crippen molar-refractivity contribution in [2.24, 2.45) is 0 Å². The Hall–Kier alpha value is -2.70. The Bertz CT molecular complexity index is 663. The summed E-state index contributed by atoms with van der Waals surface area (Å²) in [6.07, 6.45) is 0.659. The lowest BCUT2D eigenvalue weighted by Crippen LogP contribution is -2.15. The van der Waals surface area contributed by atoms with Gasteiger partial charge in [0.25, 0.3) is 5.91 Å². The highest BCUT2D eigenvalue weighted by molar-refractivity contribution is 6.02. The second-order valence-electron chi connectivity index (χ2n) is 4.25. The van der Waals surface area contributed by atoms with E-state index < -0.39 is 11.9 Å². The molecule has 0 saturated carbocycles. The van der Waals surface area contributed by atoms with Crippen molar-refractivity contribution in [1.29, 1.82) is 0 Å². The molecule has 0 fully saturated rings. The standard InChI is InChI=1S/C13H14N4O3/c1-3-10-15-11(17-16-10)12(18)14-9-5-4-8(13(19)20)6-7(9)2/h4-6H,3H2,1-2H3,(H,14,18)(H,19,20)(H,15,16,17). The zero-order chi connectivity index (χ0) is 14.7. The van der Waals surface area contributed by atoms with E-state index in [0.29, 0.717) is 23.5 Å². The highest BCUT2D eigenvalue weighted by Crippen LogP contribution is 2.17. The van der Waals surface area contributed by atoms with Crippen LogP contribution in [0, 0.1) is 6.92 Å². The molecule has 1 aromatic heterocycles. The van der Waals surface area contributed by atoms with E-state index in [1.165, 1.54) is 12.1 Å². The molecule has 20 heavy (non-hydrogen) atoms. The number of hydrogen-bond donors (Lipinski definition) is 3. The van der Waals surface area contributed by atoms with Gasteiger partial charge in [-0.05, 0) is 30.7 Å². The van der Waals surface area contributed by atoms with E-state index in [4.69, 9.17) is 5.11 Å². The van der Waals surface area contributed by atoms with E-state index in [1.807, 2.05) is 6.92 Å². The molecule has 0 aliphatic heterocycles. The van der Waals surface area contributed by atoms with Gasteiger partial charge in [0.15, 0.2) is 0 Å². The van der Waals surface area contributed by atoms with Crippen LogP contribution in [-0.4, -0.2) is 32.2 Å². The summed E-state index contributed by atoms with van der Waals surface area (Å²) in [5.74, 6) is -0.753. The summed E-state index contributed by atoms with van der Waals surface area (Å²) in [5.41, 5.74) is 1.36. The van der Waals surface area contributed by atoms with E-state index in [2.05, 4.69) is 20.5 Å². The van der Waals surface area contributed by atoms with Crippen molar-refractivity contribution in [2.75, 3.05) is 5.32 Å². The first-order valence-electron chi connectivity index (χ1n) is 6.07. The topological polar surface area (TPSA) is 108 Å². The number of aromatic amines is 1. The Morgan fingerprint density at radius 3 is 2.70 bits per heavy atom. The number of rotatable bonds is 4. The number of aryl methyl sites for hydroxylation is 2. The van der Waals surface area contributed by atoms with Crippen LogP contribution >= 0.6 is 0 Å². The van der Waals surface area contributed by atoms with Crippen molar-refractivity contribution >= 4 is 17.6 Å². The van der Waals surface area contributed by atoms with Crippen LogP contribution in [0.1, 0.15) is 39.3 Å². The van der Waals surface area contributed by atoms with Gasteiger partial charge in [-0.25, -0.2) is 9.78 Å². The van der Waals surface area contributed by atoms with Crippen LogP contribution in [0.25, 0.3) is 0 Å². The Kier molecular flexibility index (Phi) is 3.79. The van der Waals surface area contributed by atoms with Crippen molar-refractivity contribution in [1.82, 2.24) is 15.2 Å². The molecule has 7 nitrogen and oxygen atoms in total. The first-order chi connectivity index (χ1) is 9.51. The molecule has 0 atom stereocenters. The minimum atomic E-state index is -1.01. The third kappa shape index (κ3) is 2.82. The fraction of sp³-hybridized carbons (Fsp3) is 0.231. The Labute approximate surface area is 115 Å². The lowest BCUT2D eigenvalue weighted by atomic mass is 10.1. The molecular formula is C13H14N4O3. The second kappa shape index (κ2) is 5.52. The zero-order valence-electron chi connectivity index (χ0n) is 11.1. The zero-order valence-corrected chi connectivity index (χ0v) is 11.1. The maximum absolute atomic E-state index is 11.9. The first-order valence-corrected chi connectivity index (χ1v) is 6.07. The minimum absolute atomic E-state index is 0.0589. The Morgan fingerprint density at radius 1 is 1.40 bits per heavy atom. The number of aromatic carboxylic acids is 1. The number of hydrogen-bond acceptors (Lipinski definition) is 4. The van der Waals surface area contributed by atoms with Gasteiger partial charge < -0.3 is 10.4 Å². The van der Waals surface area contributed by atoms with Crippen LogP contribution in [0.2, 0.25) is 0 Å². The van der Waals surface area contributed by atoms with Gasteiger partial charge in [0, 0.05) is 12.1 Å². The largest absolute Gasteiger partial charge is 0.478 e. The van der Waals surface area contributed by atoms with Gasteiger partial charge in [-0.1, -0.05) is 6.92 Å². The lowest BCUT2D eigenvalue weighted by molar-refractivity contribution is 0.0696. The fourth-order valence-electron chi connectivity index (χ4n) is 1.67. The molecule has 0 aliphatic rings. The third-order valence-corrected chi connectivity index (χ3v) is 2.79.